The Labute approximate surface area is 92.6 Å². The fourth-order valence-electron chi connectivity index (χ4n) is 1.36. The lowest BCUT2D eigenvalue weighted by Crippen LogP contribution is -2.21. The molecule has 0 radical (unpaired) electrons. The monoisotopic (exact) mass is 228 g/mol. The summed E-state index contributed by atoms with van der Waals surface area (Å²) in [4.78, 5) is 10.9. The van der Waals surface area contributed by atoms with Gasteiger partial charge in [-0.1, -0.05) is 6.07 Å². The summed E-state index contributed by atoms with van der Waals surface area (Å²) in [6, 6.07) is 4.96. The minimum Gasteiger partial charge on any atom is -0.366 e. The van der Waals surface area contributed by atoms with Crippen LogP contribution in [0.1, 0.15) is 21.5 Å². The van der Waals surface area contributed by atoms with Crippen LogP contribution in [0.25, 0.3) is 0 Å². The van der Waals surface area contributed by atoms with Crippen molar-refractivity contribution in [1.82, 2.24) is 5.32 Å². The SMILES string of the molecule is Cc1cc(C(N)=O)ccc1CNCC(F)F. The number of nitrogens with two attached hydrogens (primary N) is 1. The lowest BCUT2D eigenvalue weighted by Gasteiger charge is -2.08. The molecule has 0 aliphatic rings. The summed E-state index contributed by atoms with van der Waals surface area (Å²) >= 11 is 0. The first kappa shape index (κ1) is 12.6. The number of aryl methyl sites for hydroxylation is 1. The number of halogens is 2. The first-order valence-electron chi connectivity index (χ1n) is 4.89. The Morgan fingerprint density at radius 2 is 2.19 bits per heavy atom. The number of benzene rings is 1. The van der Waals surface area contributed by atoms with Gasteiger partial charge in [0.15, 0.2) is 0 Å². The summed E-state index contributed by atoms with van der Waals surface area (Å²) in [6.45, 7) is 1.83. The third-order valence-corrected chi connectivity index (χ3v) is 2.24. The van der Waals surface area contributed by atoms with Crippen molar-refractivity contribution in [3.05, 3.63) is 34.9 Å². The van der Waals surface area contributed by atoms with E-state index >= 15 is 0 Å². The van der Waals surface area contributed by atoms with E-state index in [1.54, 1.807) is 18.2 Å². The Bertz CT molecular complexity index is 380. The largest absolute Gasteiger partial charge is 0.366 e. The maximum Gasteiger partial charge on any atom is 0.250 e. The van der Waals surface area contributed by atoms with Crippen LogP contribution in [0.3, 0.4) is 0 Å². The molecule has 1 aromatic carbocycles. The van der Waals surface area contributed by atoms with Gasteiger partial charge in [0, 0.05) is 12.1 Å². The average Bonchev–Trinajstić information content (AvgIpc) is 2.19. The van der Waals surface area contributed by atoms with E-state index in [0.717, 1.165) is 11.1 Å². The number of carbonyl (C=O) groups is 1. The molecule has 0 aliphatic carbocycles. The topological polar surface area (TPSA) is 55.1 Å². The van der Waals surface area contributed by atoms with Crippen molar-refractivity contribution in [2.75, 3.05) is 6.54 Å². The fraction of sp³-hybridized carbons (Fsp3) is 0.364. The van der Waals surface area contributed by atoms with Gasteiger partial charge in [-0.2, -0.15) is 0 Å². The average molecular weight is 228 g/mol. The molecule has 0 atom stereocenters. The van der Waals surface area contributed by atoms with Crippen molar-refractivity contribution in [2.24, 2.45) is 5.73 Å². The van der Waals surface area contributed by atoms with Gasteiger partial charge in [-0.3, -0.25) is 4.79 Å². The van der Waals surface area contributed by atoms with Crippen molar-refractivity contribution < 1.29 is 13.6 Å². The molecule has 5 heteroatoms. The van der Waals surface area contributed by atoms with Crippen molar-refractivity contribution in [3.8, 4) is 0 Å². The van der Waals surface area contributed by atoms with Gasteiger partial charge in [0.1, 0.15) is 0 Å². The summed E-state index contributed by atoms with van der Waals surface area (Å²) < 4.78 is 23.8. The zero-order valence-corrected chi connectivity index (χ0v) is 8.97. The smallest absolute Gasteiger partial charge is 0.250 e. The van der Waals surface area contributed by atoms with E-state index in [9.17, 15) is 13.6 Å². The minimum absolute atomic E-state index is 0.336. The van der Waals surface area contributed by atoms with Gasteiger partial charge in [0.05, 0.1) is 6.54 Å². The molecule has 3 nitrogen and oxygen atoms in total. The summed E-state index contributed by atoms with van der Waals surface area (Å²) in [7, 11) is 0. The molecule has 1 aromatic rings. The van der Waals surface area contributed by atoms with Gasteiger partial charge in [0.2, 0.25) is 5.91 Å². The van der Waals surface area contributed by atoms with Crippen molar-refractivity contribution in [2.45, 2.75) is 19.9 Å². The van der Waals surface area contributed by atoms with Crippen molar-refractivity contribution in [1.29, 1.82) is 0 Å². The highest BCUT2D eigenvalue weighted by molar-refractivity contribution is 5.93. The minimum atomic E-state index is -2.36. The summed E-state index contributed by atoms with van der Waals surface area (Å²) in [5, 5.41) is 2.62. The van der Waals surface area contributed by atoms with Crippen LogP contribution >= 0.6 is 0 Å². The molecular weight excluding hydrogens is 214 g/mol. The number of carbonyl (C=O) groups excluding carboxylic acids is 1. The van der Waals surface area contributed by atoms with Gasteiger partial charge in [-0.15, -0.1) is 0 Å². The molecule has 0 fully saturated rings. The Hall–Kier alpha value is -1.49. The van der Waals surface area contributed by atoms with Crippen LogP contribution in [0.4, 0.5) is 8.78 Å². The Morgan fingerprint density at radius 1 is 1.50 bits per heavy atom. The Kier molecular flexibility index (Phi) is 4.37. The molecule has 0 aromatic heterocycles. The van der Waals surface area contributed by atoms with E-state index in [4.69, 9.17) is 5.73 Å². The standard InChI is InChI=1S/C11H14F2N2O/c1-7-4-8(11(14)16)2-3-9(7)5-15-6-10(12)13/h2-4,10,15H,5-6H2,1H3,(H2,14,16). The molecule has 0 bridgehead atoms. The maximum absolute atomic E-state index is 11.9. The fourth-order valence-corrected chi connectivity index (χ4v) is 1.36. The van der Waals surface area contributed by atoms with E-state index in [1.165, 1.54) is 0 Å². The predicted octanol–water partition coefficient (Wildman–Crippen LogP) is 1.45. The molecule has 16 heavy (non-hydrogen) atoms. The number of alkyl halides is 2. The van der Waals surface area contributed by atoms with Crippen LogP contribution in [-0.2, 0) is 6.54 Å². The second kappa shape index (κ2) is 5.55. The van der Waals surface area contributed by atoms with E-state index in [0.29, 0.717) is 12.1 Å². The second-order valence-electron chi connectivity index (χ2n) is 3.53. The van der Waals surface area contributed by atoms with Crippen LogP contribution in [0.2, 0.25) is 0 Å². The Morgan fingerprint density at radius 3 is 2.69 bits per heavy atom. The molecule has 3 N–H and O–H groups in total. The third kappa shape index (κ3) is 3.58. The van der Waals surface area contributed by atoms with Crippen LogP contribution < -0.4 is 11.1 Å². The summed E-state index contributed by atoms with van der Waals surface area (Å²) in [6.07, 6.45) is -2.36. The van der Waals surface area contributed by atoms with E-state index in [1.807, 2.05) is 6.92 Å². The number of amides is 1. The van der Waals surface area contributed by atoms with Crippen LogP contribution in [0.5, 0.6) is 0 Å². The van der Waals surface area contributed by atoms with Crippen molar-refractivity contribution >= 4 is 5.91 Å². The zero-order chi connectivity index (χ0) is 12.1. The molecule has 0 saturated heterocycles. The number of hydrogen-bond donors (Lipinski definition) is 2. The normalized spacial score (nSPS) is 10.8. The molecule has 0 spiro atoms. The van der Waals surface area contributed by atoms with E-state index in [-0.39, 0.29) is 6.54 Å². The van der Waals surface area contributed by atoms with Gasteiger partial charge < -0.3 is 11.1 Å². The molecule has 88 valence electrons. The van der Waals surface area contributed by atoms with Gasteiger partial charge in [-0.25, -0.2) is 8.78 Å². The number of nitrogens with one attached hydrogen (secondary N) is 1. The second-order valence-corrected chi connectivity index (χ2v) is 3.53. The molecular formula is C11H14F2N2O. The van der Waals surface area contributed by atoms with Gasteiger partial charge >= 0.3 is 0 Å². The molecule has 0 aliphatic heterocycles. The van der Waals surface area contributed by atoms with Crippen LogP contribution in [-0.4, -0.2) is 18.9 Å². The van der Waals surface area contributed by atoms with Crippen LogP contribution in [0, 0.1) is 6.92 Å². The van der Waals surface area contributed by atoms with Gasteiger partial charge in [-0.05, 0) is 30.2 Å². The highest BCUT2D eigenvalue weighted by Crippen LogP contribution is 2.10. The summed E-state index contributed by atoms with van der Waals surface area (Å²) in [5.41, 5.74) is 7.28. The lowest BCUT2D eigenvalue weighted by molar-refractivity contribution is 0.1000. The molecule has 0 saturated carbocycles. The van der Waals surface area contributed by atoms with Crippen LogP contribution in [0.15, 0.2) is 18.2 Å². The quantitative estimate of drug-likeness (QED) is 0.801. The zero-order valence-electron chi connectivity index (χ0n) is 8.97. The lowest BCUT2D eigenvalue weighted by atomic mass is 10.0. The highest BCUT2D eigenvalue weighted by atomic mass is 19.3. The van der Waals surface area contributed by atoms with E-state index < -0.39 is 12.3 Å². The maximum atomic E-state index is 11.9. The predicted molar refractivity (Wildman–Crippen MR) is 57.4 cm³/mol. The first-order valence-corrected chi connectivity index (χ1v) is 4.89. The van der Waals surface area contributed by atoms with Gasteiger partial charge in [0.25, 0.3) is 6.43 Å². The molecule has 1 amide bonds. The molecule has 1 rings (SSSR count). The van der Waals surface area contributed by atoms with Crippen molar-refractivity contribution in [3.63, 3.8) is 0 Å². The number of hydrogen-bond acceptors (Lipinski definition) is 2. The Balaban J connectivity index is 2.64. The summed E-state index contributed by atoms with van der Waals surface area (Å²) in [5.74, 6) is -0.491. The number of rotatable bonds is 5. The first-order chi connectivity index (χ1) is 7.50. The third-order valence-electron chi connectivity index (χ3n) is 2.24. The highest BCUT2D eigenvalue weighted by Gasteiger charge is 2.05. The van der Waals surface area contributed by atoms with E-state index in [2.05, 4.69) is 5.32 Å². The molecule has 0 unspecified atom stereocenters. The molecule has 0 heterocycles. The number of primary amides is 1.